The highest BCUT2D eigenvalue weighted by Crippen LogP contribution is 2.27. The molecule has 1 aromatic heterocycles. The van der Waals surface area contributed by atoms with Gasteiger partial charge in [-0.05, 0) is 31.0 Å². The van der Waals surface area contributed by atoms with Crippen LogP contribution in [0.2, 0.25) is 0 Å². The summed E-state index contributed by atoms with van der Waals surface area (Å²) in [5, 5.41) is 9.24. The molecule has 0 bridgehead atoms. The number of anilines is 1. The van der Waals surface area contributed by atoms with Crippen molar-refractivity contribution in [3.05, 3.63) is 47.2 Å². The van der Waals surface area contributed by atoms with E-state index >= 15 is 0 Å². The van der Waals surface area contributed by atoms with Crippen molar-refractivity contribution >= 4 is 5.82 Å². The van der Waals surface area contributed by atoms with Gasteiger partial charge >= 0.3 is 0 Å². The average molecular weight is 251 g/mol. The van der Waals surface area contributed by atoms with Crippen LogP contribution in [0.25, 0.3) is 11.1 Å². The van der Waals surface area contributed by atoms with Gasteiger partial charge < -0.3 is 4.90 Å². The van der Waals surface area contributed by atoms with E-state index in [-0.39, 0.29) is 0 Å². The molecule has 0 atom stereocenters. The third-order valence-electron chi connectivity index (χ3n) is 3.10. The van der Waals surface area contributed by atoms with E-state index in [9.17, 15) is 5.26 Å². The molecule has 0 fully saturated rings. The molecule has 0 amide bonds. The van der Waals surface area contributed by atoms with Crippen molar-refractivity contribution in [2.75, 3.05) is 19.0 Å². The zero-order chi connectivity index (χ0) is 14.0. The molecule has 3 nitrogen and oxygen atoms in total. The molecule has 0 saturated heterocycles. The van der Waals surface area contributed by atoms with Crippen molar-refractivity contribution < 1.29 is 0 Å². The van der Waals surface area contributed by atoms with Crippen LogP contribution in [-0.4, -0.2) is 19.1 Å². The highest BCUT2D eigenvalue weighted by atomic mass is 15.1. The van der Waals surface area contributed by atoms with Gasteiger partial charge in [-0.1, -0.05) is 23.8 Å². The number of aryl methyl sites for hydroxylation is 2. The van der Waals surface area contributed by atoms with E-state index in [1.54, 1.807) is 0 Å². The lowest BCUT2D eigenvalue weighted by Gasteiger charge is -2.14. The van der Waals surface area contributed by atoms with Crippen LogP contribution in [0.5, 0.6) is 0 Å². The minimum atomic E-state index is 0.600. The van der Waals surface area contributed by atoms with Crippen LogP contribution in [0.3, 0.4) is 0 Å². The number of nitrogens with zero attached hydrogens (tertiary/aromatic N) is 3. The Morgan fingerprint density at radius 1 is 1.16 bits per heavy atom. The molecular weight excluding hydrogens is 234 g/mol. The molecule has 0 saturated carbocycles. The molecule has 3 heteroatoms. The molecular formula is C16H17N3. The SMILES string of the molecule is Cc1ccc(-c2cnc(N(C)C)c(C#N)c2)c(C)c1. The zero-order valence-electron chi connectivity index (χ0n) is 11.7. The highest BCUT2D eigenvalue weighted by Gasteiger charge is 2.09. The quantitative estimate of drug-likeness (QED) is 0.822. The van der Waals surface area contributed by atoms with Gasteiger partial charge in [0.1, 0.15) is 11.9 Å². The Hall–Kier alpha value is -2.34. The van der Waals surface area contributed by atoms with Gasteiger partial charge in [-0.25, -0.2) is 4.98 Å². The van der Waals surface area contributed by atoms with E-state index in [0.29, 0.717) is 11.4 Å². The van der Waals surface area contributed by atoms with Crippen molar-refractivity contribution in [1.29, 1.82) is 5.26 Å². The third-order valence-corrected chi connectivity index (χ3v) is 3.10. The standard InChI is InChI=1S/C16H17N3/c1-11-5-6-15(12(2)7-11)14-8-13(9-17)16(18-10-14)19(3)4/h5-8,10H,1-4H3. The Morgan fingerprint density at radius 3 is 2.47 bits per heavy atom. The summed E-state index contributed by atoms with van der Waals surface area (Å²) in [5.74, 6) is 0.705. The van der Waals surface area contributed by atoms with Gasteiger partial charge in [0.25, 0.3) is 0 Å². The Morgan fingerprint density at radius 2 is 1.89 bits per heavy atom. The first-order valence-corrected chi connectivity index (χ1v) is 6.18. The molecule has 0 unspecified atom stereocenters. The molecule has 0 spiro atoms. The molecule has 0 N–H and O–H groups in total. The molecule has 1 aromatic carbocycles. The fourth-order valence-electron chi connectivity index (χ4n) is 2.18. The minimum absolute atomic E-state index is 0.600. The van der Waals surface area contributed by atoms with Crippen LogP contribution in [-0.2, 0) is 0 Å². The molecule has 2 rings (SSSR count). The number of hydrogen-bond acceptors (Lipinski definition) is 3. The minimum Gasteiger partial charge on any atom is -0.362 e. The van der Waals surface area contributed by atoms with E-state index in [1.165, 1.54) is 11.1 Å². The molecule has 1 heterocycles. The van der Waals surface area contributed by atoms with Crippen LogP contribution in [0.15, 0.2) is 30.5 Å². The predicted molar refractivity (Wildman–Crippen MR) is 78.2 cm³/mol. The first-order valence-electron chi connectivity index (χ1n) is 6.18. The van der Waals surface area contributed by atoms with Crippen LogP contribution < -0.4 is 4.90 Å². The summed E-state index contributed by atoms with van der Waals surface area (Å²) in [5.41, 5.74) is 5.14. The lowest BCUT2D eigenvalue weighted by atomic mass is 9.99. The smallest absolute Gasteiger partial charge is 0.146 e. The van der Waals surface area contributed by atoms with Gasteiger partial charge in [-0.3, -0.25) is 0 Å². The van der Waals surface area contributed by atoms with Crippen molar-refractivity contribution in [2.45, 2.75) is 13.8 Å². The maximum Gasteiger partial charge on any atom is 0.146 e. The number of rotatable bonds is 2. The van der Waals surface area contributed by atoms with Gasteiger partial charge in [0.05, 0.1) is 5.56 Å². The van der Waals surface area contributed by atoms with E-state index in [1.807, 2.05) is 31.3 Å². The van der Waals surface area contributed by atoms with Crippen LogP contribution in [0.4, 0.5) is 5.82 Å². The van der Waals surface area contributed by atoms with Crippen molar-refractivity contribution in [3.63, 3.8) is 0 Å². The number of benzene rings is 1. The van der Waals surface area contributed by atoms with E-state index in [0.717, 1.165) is 11.1 Å². The van der Waals surface area contributed by atoms with Gasteiger partial charge in [0.2, 0.25) is 0 Å². The molecule has 19 heavy (non-hydrogen) atoms. The predicted octanol–water partition coefficient (Wildman–Crippen LogP) is 3.30. The maximum absolute atomic E-state index is 9.24. The summed E-state index contributed by atoms with van der Waals surface area (Å²) < 4.78 is 0. The molecule has 0 aliphatic rings. The van der Waals surface area contributed by atoms with Crippen LogP contribution in [0.1, 0.15) is 16.7 Å². The molecule has 0 aliphatic carbocycles. The van der Waals surface area contributed by atoms with Crippen molar-refractivity contribution in [3.8, 4) is 17.2 Å². The second kappa shape index (κ2) is 5.11. The van der Waals surface area contributed by atoms with Crippen molar-refractivity contribution in [2.24, 2.45) is 0 Å². The largest absolute Gasteiger partial charge is 0.362 e. The summed E-state index contributed by atoms with van der Waals surface area (Å²) >= 11 is 0. The van der Waals surface area contributed by atoms with Gasteiger partial charge in [0.15, 0.2) is 0 Å². The van der Waals surface area contributed by atoms with Gasteiger partial charge in [-0.2, -0.15) is 5.26 Å². The molecule has 0 aliphatic heterocycles. The Balaban J connectivity index is 2.55. The lowest BCUT2D eigenvalue weighted by molar-refractivity contribution is 1.06. The third kappa shape index (κ3) is 2.58. The fraction of sp³-hybridized carbons (Fsp3) is 0.250. The van der Waals surface area contributed by atoms with Gasteiger partial charge in [-0.15, -0.1) is 0 Å². The lowest BCUT2D eigenvalue weighted by Crippen LogP contribution is -2.12. The summed E-state index contributed by atoms with van der Waals surface area (Å²) in [6.07, 6.45) is 1.83. The Kier molecular flexibility index (Phi) is 3.52. The molecule has 2 aromatic rings. The van der Waals surface area contributed by atoms with Crippen LogP contribution >= 0.6 is 0 Å². The summed E-state index contributed by atoms with van der Waals surface area (Å²) in [4.78, 5) is 6.24. The van der Waals surface area contributed by atoms with E-state index in [2.05, 4.69) is 43.1 Å². The van der Waals surface area contributed by atoms with Crippen LogP contribution in [0, 0.1) is 25.2 Å². The van der Waals surface area contributed by atoms with Crippen molar-refractivity contribution in [1.82, 2.24) is 4.98 Å². The number of aromatic nitrogens is 1. The fourth-order valence-corrected chi connectivity index (χ4v) is 2.18. The molecule has 96 valence electrons. The number of nitriles is 1. The first-order chi connectivity index (χ1) is 9.02. The van der Waals surface area contributed by atoms with Gasteiger partial charge in [0, 0.05) is 25.9 Å². The maximum atomic E-state index is 9.24. The summed E-state index contributed by atoms with van der Waals surface area (Å²) in [6, 6.07) is 10.4. The topological polar surface area (TPSA) is 39.9 Å². The summed E-state index contributed by atoms with van der Waals surface area (Å²) in [6.45, 7) is 4.15. The highest BCUT2D eigenvalue weighted by molar-refractivity contribution is 5.70. The zero-order valence-corrected chi connectivity index (χ0v) is 11.7. The second-order valence-electron chi connectivity index (χ2n) is 4.92. The van der Waals surface area contributed by atoms with E-state index in [4.69, 9.17) is 0 Å². The Labute approximate surface area is 114 Å². The number of hydrogen-bond donors (Lipinski definition) is 0. The Bertz CT molecular complexity index is 652. The first kappa shape index (κ1) is 13.1. The second-order valence-corrected chi connectivity index (χ2v) is 4.92. The number of pyridine rings is 1. The molecule has 0 radical (unpaired) electrons. The van der Waals surface area contributed by atoms with E-state index < -0.39 is 0 Å². The monoisotopic (exact) mass is 251 g/mol. The normalized spacial score (nSPS) is 10.1. The summed E-state index contributed by atoms with van der Waals surface area (Å²) in [7, 11) is 3.78. The average Bonchev–Trinajstić information content (AvgIpc) is 2.37.